The molecule has 0 aliphatic carbocycles. The van der Waals surface area contributed by atoms with Crippen molar-refractivity contribution >= 4 is 23.4 Å². The normalized spacial score (nSPS) is 11.5. The van der Waals surface area contributed by atoms with Gasteiger partial charge in [0, 0.05) is 15.3 Å². The van der Waals surface area contributed by atoms with Gasteiger partial charge in [0.2, 0.25) is 0 Å². The van der Waals surface area contributed by atoms with Crippen LogP contribution >= 0.6 is 11.8 Å². The lowest BCUT2D eigenvalue weighted by Crippen LogP contribution is -2.17. The third-order valence-corrected chi connectivity index (χ3v) is 4.76. The number of benzene rings is 1. The molecular formula is C13H19NO2S. The Labute approximate surface area is 106 Å². The molecule has 94 valence electrons. The van der Waals surface area contributed by atoms with E-state index in [0.717, 1.165) is 17.7 Å². The van der Waals surface area contributed by atoms with E-state index in [1.54, 1.807) is 23.9 Å². The molecule has 0 unspecified atom stereocenters. The van der Waals surface area contributed by atoms with E-state index >= 15 is 0 Å². The Bertz CT molecular complexity index is 414. The fraction of sp³-hybridized carbons (Fsp3) is 0.462. The van der Waals surface area contributed by atoms with Crippen LogP contribution in [-0.4, -0.2) is 15.8 Å². The highest BCUT2D eigenvalue weighted by Crippen LogP contribution is 2.40. The molecular weight excluding hydrogens is 234 g/mol. The number of rotatable bonds is 5. The summed E-state index contributed by atoms with van der Waals surface area (Å²) in [6, 6.07) is 4.86. The Morgan fingerprint density at radius 3 is 2.47 bits per heavy atom. The van der Waals surface area contributed by atoms with Gasteiger partial charge in [-0.15, -0.1) is 11.8 Å². The van der Waals surface area contributed by atoms with Crippen molar-refractivity contribution in [3.8, 4) is 0 Å². The Balaban J connectivity index is 3.05. The van der Waals surface area contributed by atoms with Gasteiger partial charge in [-0.25, -0.2) is 4.79 Å². The average molecular weight is 253 g/mol. The fourth-order valence-electron chi connectivity index (χ4n) is 1.42. The van der Waals surface area contributed by atoms with Gasteiger partial charge in [-0.3, -0.25) is 0 Å². The summed E-state index contributed by atoms with van der Waals surface area (Å²) in [5, 5.41) is 8.96. The van der Waals surface area contributed by atoms with Crippen LogP contribution in [-0.2, 0) is 0 Å². The minimum Gasteiger partial charge on any atom is -0.478 e. The lowest BCUT2D eigenvalue weighted by atomic mass is 10.1. The summed E-state index contributed by atoms with van der Waals surface area (Å²) in [5.74, 6) is -0.915. The highest BCUT2D eigenvalue weighted by molar-refractivity contribution is 8.00. The highest BCUT2D eigenvalue weighted by atomic mass is 32.2. The van der Waals surface area contributed by atoms with Crippen LogP contribution in [0.3, 0.4) is 0 Å². The van der Waals surface area contributed by atoms with Crippen LogP contribution in [0.15, 0.2) is 23.1 Å². The van der Waals surface area contributed by atoms with Gasteiger partial charge in [0.05, 0.1) is 5.56 Å². The van der Waals surface area contributed by atoms with Crippen LogP contribution in [0.25, 0.3) is 0 Å². The minimum atomic E-state index is -0.915. The maximum Gasteiger partial charge on any atom is 0.335 e. The molecule has 3 N–H and O–H groups in total. The highest BCUT2D eigenvalue weighted by Gasteiger charge is 2.22. The number of carboxylic acids is 1. The first kappa shape index (κ1) is 13.9. The molecule has 17 heavy (non-hydrogen) atoms. The molecule has 4 heteroatoms. The molecule has 0 aliphatic heterocycles. The third-order valence-electron chi connectivity index (χ3n) is 3.11. The standard InChI is InChI=1S/C13H19NO2S/c1-4-13(3,5-2)17-11-8-9(12(15)16)6-7-10(11)14/h6-8H,4-5,14H2,1-3H3,(H,15,16). The molecule has 0 atom stereocenters. The smallest absolute Gasteiger partial charge is 0.335 e. The Morgan fingerprint density at radius 1 is 1.41 bits per heavy atom. The van der Waals surface area contributed by atoms with E-state index in [1.165, 1.54) is 6.07 Å². The van der Waals surface area contributed by atoms with Crippen molar-refractivity contribution in [2.45, 2.75) is 43.3 Å². The Morgan fingerprint density at radius 2 is 2.00 bits per heavy atom. The molecule has 0 heterocycles. The van der Waals surface area contributed by atoms with Gasteiger partial charge >= 0.3 is 5.97 Å². The van der Waals surface area contributed by atoms with Crippen LogP contribution in [0.4, 0.5) is 5.69 Å². The SMILES string of the molecule is CCC(C)(CC)Sc1cc(C(=O)O)ccc1N. The maximum atomic E-state index is 10.9. The first-order valence-electron chi connectivity index (χ1n) is 5.73. The average Bonchev–Trinajstić information content (AvgIpc) is 2.31. The number of hydrogen-bond donors (Lipinski definition) is 2. The van der Waals surface area contributed by atoms with E-state index in [0.29, 0.717) is 5.69 Å². The number of nitrogen functional groups attached to an aromatic ring is 1. The van der Waals surface area contributed by atoms with Crippen molar-refractivity contribution in [1.82, 2.24) is 0 Å². The van der Waals surface area contributed by atoms with Crippen LogP contribution in [0.5, 0.6) is 0 Å². The van der Waals surface area contributed by atoms with Gasteiger partial charge in [-0.1, -0.05) is 20.8 Å². The molecule has 0 radical (unpaired) electrons. The van der Waals surface area contributed by atoms with Crippen molar-refractivity contribution in [1.29, 1.82) is 0 Å². The minimum absolute atomic E-state index is 0.102. The van der Waals surface area contributed by atoms with Crippen LogP contribution in [0, 0.1) is 0 Å². The fourth-order valence-corrected chi connectivity index (χ4v) is 2.61. The third kappa shape index (κ3) is 3.40. The maximum absolute atomic E-state index is 10.9. The van der Waals surface area contributed by atoms with Gasteiger partial charge < -0.3 is 10.8 Å². The van der Waals surface area contributed by atoms with Crippen molar-refractivity contribution in [2.75, 3.05) is 5.73 Å². The van der Waals surface area contributed by atoms with Gasteiger partial charge in [-0.2, -0.15) is 0 Å². The first-order chi connectivity index (χ1) is 7.91. The molecule has 1 aromatic carbocycles. The van der Waals surface area contributed by atoms with E-state index in [9.17, 15) is 4.79 Å². The zero-order valence-corrected chi connectivity index (χ0v) is 11.3. The molecule has 3 nitrogen and oxygen atoms in total. The number of carbonyl (C=O) groups is 1. The Hall–Kier alpha value is -1.16. The lowest BCUT2D eigenvalue weighted by Gasteiger charge is -2.26. The zero-order chi connectivity index (χ0) is 13.1. The van der Waals surface area contributed by atoms with E-state index in [1.807, 2.05) is 0 Å². The number of nitrogens with two attached hydrogens (primary N) is 1. The quantitative estimate of drug-likeness (QED) is 0.621. The van der Waals surface area contributed by atoms with Crippen LogP contribution in [0.2, 0.25) is 0 Å². The molecule has 0 spiro atoms. The summed E-state index contributed by atoms with van der Waals surface area (Å²) in [6.07, 6.45) is 2.04. The molecule has 1 rings (SSSR count). The first-order valence-corrected chi connectivity index (χ1v) is 6.55. The molecule has 1 aromatic rings. The topological polar surface area (TPSA) is 63.3 Å². The van der Waals surface area contributed by atoms with E-state index < -0.39 is 5.97 Å². The molecule has 0 amide bonds. The number of aromatic carboxylic acids is 1. The Kier molecular flexibility index (Phi) is 4.46. The van der Waals surface area contributed by atoms with Gasteiger partial charge in [-0.05, 0) is 31.0 Å². The molecule has 0 bridgehead atoms. The lowest BCUT2D eigenvalue weighted by molar-refractivity contribution is 0.0696. The summed E-state index contributed by atoms with van der Waals surface area (Å²) in [5.41, 5.74) is 6.83. The second-order valence-electron chi connectivity index (χ2n) is 4.32. The predicted molar refractivity (Wildman–Crippen MR) is 72.7 cm³/mol. The van der Waals surface area contributed by atoms with Crippen molar-refractivity contribution in [3.63, 3.8) is 0 Å². The van der Waals surface area contributed by atoms with Crippen LogP contribution in [0.1, 0.15) is 44.0 Å². The molecule has 0 fully saturated rings. The second kappa shape index (κ2) is 5.45. The van der Waals surface area contributed by atoms with Crippen LogP contribution < -0.4 is 5.73 Å². The van der Waals surface area contributed by atoms with Crippen molar-refractivity contribution in [2.24, 2.45) is 0 Å². The van der Waals surface area contributed by atoms with E-state index in [2.05, 4.69) is 20.8 Å². The van der Waals surface area contributed by atoms with E-state index in [4.69, 9.17) is 10.8 Å². The molecule has 0 aromatic heterocycles. The van der Waals surface area contributed by atoms with Gasteiger partial charge in [0.15, 0.2) is 0 Å². The largest absolute Gasteiger partial charge is 0.478 e. The number of thioether (sulfide) groups is 1. The molecule has 0 saturated carbocycles. The number of hydrogen-bond acceptors (Lipinski definition) is 3. The summed E-state index contributed by atoms with van der Waals surface area (Å²) in [7, 11) is 0. The summed E-state index contributed by atoms with van der Waals surface area (Å²) in [4.78, 5) is 11.8. The van der Waals surface area contributed by atoms with E-state index in [-0.39, 0.29) is 10.3 Å². The molecule has 0 aliphatic rings. The predicted octanol–water partition coefficient (Wildman–Crippen LogP) is 3.64. The van der Waals surface area contributed by atoms with Gasteiger partial charge in [0.25, 0.3) is 0 Å². The number of carboxylic acid groups (broad SMARTS) is 1. The van der Waals surface area contributed by atoms with Crippen molar-refractivity contribution in [3.05, 3.63) is 23.8 Å². The van der Waals surface area contributed by atoms with Crippen molar-refractivity contribution < 1.29 is 9.90 Å². The van der Waals surface area contributed by atoms with Gasteiger partial charge in [0.1, 0.15) is 0 Å². The molecule has 0 saturated heterocycles. The summed E-state index contributed by atoms with van der Waals surface area (Å²) < 4.78 is 0.102. The monoisotopic (exact) mass is 253 g/mol. The summed E-state index contributed by atoms with van der Waals surface area (Å²) >= 11 is 1.66. The zero-order valence-electron chi connectivity index (χ0n) is 10.5. The second-order valence-corrected chi connectivity index (χ2v) is 5.95. The number of anilines is 1. The summed E-state index contributed by atoms with van der Waals surface area (Å²) in [6.45, 7) is 6.44.